The maximum Gasteiger partial charge on any atom is 0.192 e. The summed E-state index contributed by atoms with van der Waals surface area (Å²) < 4.78 is 0. The van der Waals surface area contributed by atoms with Crippen molar-refractivity contribution in [1.82, 2.24) is 0 Å². The zero-order valence-corrected chi connectivity index (χ0v) is 12.6. The molecule has 1 aliphatic carbocycles. The van der Waals surface area contributed by atoms with Gasteiger partial charge in [-0.25, -0.2) is 0 Å². The maximum atomic E-state index is 11.8. The van der Waals surface area contributed by atoms with E-state index in [1.807, 2.05) is 0 Å². The van der Waals surface area contributed by atoms with Gasteiger partial charge in [0.1, 0.15) is 0 Å². The van der Waals surface area contributed by atoms with E-state index in [-0.39, 0.29) is 0 Å². The van der Waals surface area contributed by atoms with Crippen molar-refractivity contribution in [3.8, 4) is 0 Å². The molecule has 1 nitrogen and oxygen atoms in total. The Bertz CT molecular complexity index is 241. The zero-order chi connectivity index (χ0) is 13.1. The maximum absolute atomic E-state index is 11.8. The van der Waals surface area contributed by atoms with E-state index in [1.165, 1.54) is 57.8 Å². The van der Waals surface area contributed by atoms with E-state index in [1.54, 1.807) is 11.8 Å². The molecule has 0 radical (unpaired) electrons. The van der Waals surface area contributed by atoms with Crippen molar-refractivity contribution in [2.24, 2.45) is 0 Å². The van der Waals surface area contributed by atoms with Crippen LogP contribution in [0.1, 0.15) is 77.6 Å². The molecular weight excluding hydrogens is 240 g/mol. The van der Waals surface area contributed by atoms with Crippen molar-refractivity contribution < 1.29 is 4.79 Å². The van der Waals surface area contributed by atoms with Crippen molar-refractivity contribution in [3.05, 3.63) is 12.2 Å². The minimum Gasteiger partial charge on any atom is -0.287 e. The van der Waals surface area contributed by atoms with Gasteiger partial charge in [0, 0.05) is 11.7 Å². The molecule has 0 atom stereocenters. The molecule has 1 aliphatic rings. The van der Waals surface area contributed by atoms with Crippen LogP contribution in [-0.4, -0.2) is 10.4 Å². The molecule has 0 amide bonds. The minimum atomic E-state index is 0.367. The summed E-state index contributed by atoms with van der Waals surface area (Å²) in [7, 11) is 0. The van der Waals surface area contributed by atoms with Gasteiger partial charge in [0.15, 0.2) is 5.12 Å². The smallest absolute Gasteiger partial charge is 0.192 e. The second kappa shape index (κ2) is 10.7. The number of thioether (sulfide) groups is 1. The van der Waals surface area contributed by atoms with Crippen molar-refractivity contribution in [2.45, 2.75) is 82.8 Å². The number of unbranched alkanes of at least 4 members (excludes halogenated alkanes) is 4. The van der Waals surface area contributed by atoms with Crippen molar-refractivity contribution in [3.63, 3.8) is 0 Å². The highest BCUT2D eigenvalue weighted by molar-refractivity contribution is 8.14. The second-order valence-electron chi connectivity index (χ2n) is 5.27. The van der Waals surface area contributed by atoms with Crippen LogP contribution in [0.2, 0.25) is 0 Å². The molecule has 0 aromatic carbocycles. The summed E-state index contributed by atoms with van der Waals surface area (Å²) in [6.45, 7) is 2.23. The number of allylic oxidation sites excluding steroid dienone is 2. The van der Waals surface area contributed by atoms with Gasteiger partial charge in [-0.1, -0.05) is 69.4 Å². The minimum absolute atomic E-state index is 0.367. The lowest BCUT2D eigenvalue weighted by Crippen LogP contribution is -2.10. The Morgan fingerprint density at radius 1 is 1.11 bits per heavy atom. The molecule has 0 aliphatic heterocycles. The summed E-state index contributed by atoms with van der Waals surface area (Å²) in [6, 6.07) is 0. The normalized spacial score (nSPS) is 17.4. The van der Waals surface area contributed by atoms with Crippen molar-refractivity contribution in [2.75, 3.05) is 0 Å². The summed E-state index contributed by atoms with van der Waals surface area (Å²) in [6.07, 6.45) is 17.8. The lowest BCUT2D eigenvalue weighted by molar-refractivity contribution is -0.110. The first kappa shape index (κ1) is 15.8. The molecule has 0 bridgehead atoms. The lowest BCUT2D eigenvalue weighted by Gasteiger charge is -2.19. The van der Waals surface area contributed by atoms with Crippen LogP contribution in [0.25, 0.3) is 0 Å². The van der Waals surface area contributed by atoms with Gasteiger partial charge < -0.3 is 0 Å². The fraction of sp³-hybridized carbons (Fsp3) is 0.812. The summed E-state index contributed by atoms with van der Waals surface area (Å²) in [5, 5.41) is 0.982. The van der Waals surface area contributed by atoms with Gasteiger partial charge >= 0.3 is 0 Å². The molecule has 18 heavy (non-hydrogen) atoms. The van der Waals surface area contributed by atoms with Crippen LogP contribution < -0.4 is 0 Å². The Morgan fingerprint density at radius 2 is 1.89 bits per heavy atom. The fourth-order valence-electron chi connectivity index (χ4n) is 2.40. The van der Waals surface area contributed by atoms with Gasteiger partial charge in [-0.2, -0.15) is 0 Å². The van der Waals surface area contributed by atoms with E-state index < -0.39 is 0 Å². The Labute approximate surface area is 117 Å². The Morgan fingerprint density at radius 3 is 2.61 bits per heavy atom. The molecule has 0 aromatic rings. The van der Waals surface area contributed by atoms with Crippen LogP contribution in [0.4, 0.5) is 0 Å². The standard InChI is InChI=1S/C16H28OS/c1-2-3-4-5-6-7-11-14-16(17)18-15-12-9-8-10-13-15/h7,11,15H,2-6,8-10,12-14H2,1H3/b11-7-. The van der Waals surface area contributed by atoms with Crippen LogP contribution >= 0.6 is 11.8 Å². The fourth-order valence-corrected chi connectivity index (χ4v) is 3.54. The number of rotatable bonds is 8. The topological polar surface area (TPSA) is 17.1 Å². The SMILES string of the molecule is CCCCCC/C=C\CC(=O)SC1CCCCC1. The third-order valence-electron chi connectivity index (χ3n) is 3.53. The lowest BCUT2D eigenvalue weighted by atomic mass is 10.0. The monoisotopic (exact) mass is 268 g/mol. The largest absolute Gasteiger partial charge is 0.287 e. The predicted molar refractivity (Wildman–Crippen MR) is 82.0 cm³/mol. The van der Waals surface area contributed by atoms with E-state index in [9.17, 15) is 4.79 Å². The zero-order valence-electron chi connectivity index (χ0n) is 11.8. The molecule has 104 valence electrons. The molecule has 1 rings (SSSR count). The first-order chi connectivity index (χ1) is 8.83. The first-order valence-electron chi connectivity index (χ1n) is 7.67. The van der Waals surface area contributed by atoms with Gasteiger partial charge in [-0.3, -0.25) is 4.79 Å². The van der Waals surface area contributed by atoms with Crippen LogP contribution in [0.15, 0.2) is 12.2 Å². The van der Waals surface area contributed by atoms with Crippen LogP contribution in [0, 0.1) is 0 Å². The quantitative estimate of drug-likeness (QED) is 0.427. The predicted octanol–water partition coefficient (Wildman–Crippen LogP) is 5.50. The Hall–Kier alpha value is -0.240. The highest BCUT2D eigenvalue weighted by Crippen LogP contribution is 2.29. The molecule has 0 N–H and O–H groups in total. The third kappa shape index (κ3) is 7.97. The third-order valence-corrected chi connectivity index (χ3v) is 4.76. The van der Waals surface area contributed by atoms with E-state index in [4.69, 9.17) is 0 Å². The molecule has 0 saturated heterocycles. The van der Waals surface area contributed by atoms with Gasteiger partial charge in [-0.05, 0) is 25.7 Å². The number of carbonyl (C=O) groups excluding carboxylic acids is 1. The van der Waals surface area contributed by atoms with E-state index >= 15 is 0 Å². The highest BCUT2D eigenvalue weighted by Gasteiger charge is 2.16. The highest BCUT2D eigenvalue weighted by atomic mass is 32.2. The molecule has 0 unspecified atom stereocenters. The van der Waals surface area contributed by atoms with E-state index in [0.29, 0.717) is 16.8 Å². The van der Waals surface area contributed by atoms with E-state index in [0.717, 1.165) is 6.42 Å². The first-order valence-corrected chi connectivity index (χ1v) is 8.55. The Balaban J connectivity index is 2.00. The van der Waals surface area contributed by atoms with Crippen LogP contribution in [-0.2, 0) is 4.79 Å². The summed E-state index contributed by atoms with van der Waals surface area (Å²) in [5.74, 6) is 0. The van der Waals surface area contributed by atoms with Crippen LogP contribution in [0.5, 0.6) is 0 Å². The molecular formula is C16H28OS. The number of hydrogen-bond donors (Lipinski definition) is 0. The summed E-state index contributed by atoms with van der Waals surface area (Å²) >= 11 is 1.60. The van der Waals surface area contributed by atoms with Crippen molar-refractivity contribution in [1.29, 1.82) is 0 Å². The number of carbonyl (C=O) groups is 1. The molecule has 0 spiro atoms. The van der Waals surface area contributed by atoms with Gasteiger partial charge in [0.2, 0.25) is 0 Å². The molecule has 1 saturated carbocycles. The van der Waals surface area contributed by atoms with Gasteiger partial charge in [0.05, 0.1) is 0 Å². The Kier molecular flexibility index (Phi) is 9.37. The second-order valence-corrected chi connectivity index (χ2v) is 6.63. The molecule has 2 heteroatoms. The van der Waals surface area contributed by atoms with Gasteiger partial charge in [0.25, 0.3) is 0 Å². The average Bonchev–Trinajstić information content (AvgIpc) is 2.39. The van der Waals surface area contributed by atoms with Gasteiger partial charge in [-0.15, -0.1) is 0 Å². The van der Waals surface area contributed by atoms with Crippen LogP contribution in [0.3, 0.4) is 0 Å². The molecule has 0 aromatic heterocycles. The average molecular weight is 268 g/mol. The van der Waals surface area contributed by atoms with Crippen molar-refractivity contribution >= 4 is 16.9 Å². The summed E-state index contributed by atoms with van der Waals surface area (Å²) in [5.41, 5.74) is 0. The summed E-state index contributed by atoms with van der Waals surface area (Å²) in [4.78, 5) is 11.8. The van der Waals surface area contributed by atoms with E-state index in [2.05, 4.69) is 19.1 Å². The molecule has 0 heterocycles. The molecule has 1 fully saturated rings. The number of hydrogen-bond acceptors (Lipinski definition) is 2.